The highest BCUT2D eigenvalue weighted by Gasteiger charge is 2.30. The van der Waals surface area contributed by atoms with Gasteiger partial charge in [-0.1, -0.05) is 5.16 Å². The monoisotopic (exact) mass is 443 g/mol. The molecule has 0 saturated heterocycles. The molecule has 2 heterocycles. The Morgan fingerprint density at radius 3 is 2.78 bits per heavy atom. The number of ether oxygens (including phenoxy) is 2. The van der Waals surface area contributed by atoms with Crippen molar-refractivity contribution in [1.82, 2.24) is 15.5 Å². The smallest absolute Gasteiger partial charge is 0.407 e. The van der Waals surface area contributed by atoms with Crippen molar-refractivity contribution in [2.75, 3.05) is 0 Å². The summed E-state index contributed by atoms with van der Waals surface area (Å²) in [6, 6.07) is 3.64. The first-order valence-electron chi connectivity index (χ1n) is 11.1. The van der Waals surface area contributed by atoms with Crippen LogP contribution in [-0.4, -0.2) is 39.5 Å². The molecule has 2 aliphatic carbocycles. The summed E-state index contributed by atoms with van der Waals surface area (Å²) in [6.07, 6.45) is 6.14. The summed E-state index contributed by atoms with van der Waals surface area (Å²) in [7, 11) is 0. The number of amides is 1. The second-order valence-corrected chi connectivity index (χ2v) is 8.74. The molecule has 9 nitrogen and oxygen atoms in total. The average Bonchev–Trinajstić information content (AvgIpc) is 3.56. The van der Waals surface area contributed by atoms with Crippen LogP contribution >= 0.6 is 0 Å². The summed E-state index contributed by atoms with van der Waals surface area (Å²) in [5.74, 6) is 0.444. The van der Waals surface area contributed by atoms with Crippen molar-refractivity contribution in [1.29, 1.82) is 0 Å². The van der Waals surface area contributed by atoms with E-state index in [2.05, 4.69) is 15.5 Å². The first-order valence-corrected chi connectivity index (χ1v) is 11.1. The topological polar surface area (TPSA) is 124 Å². The Bertz CT molecular complexity index is 953. The van der Waals surface area contributed by atoms with Gasteiger partial charge in [-0.05, 0) is 70.4 Å². The number of hydrogen-bond donors (Lipinski definition) is 2. The zero-order chi connectivity index (χ0) is 22.7. The SMILES string of the molecule is Cc1noc(-c2ccc(O[C@H]3CCC[C@H](C(=O)O)C3)cn2)c1COC(=O)N[C@H](C)C1CC1. The number of carboxylic acids is 1. The van der Waals surface area contributed by atoms with Gasteiger partial charge in [-0.2, -0.15) is 0 Å². The van der Waals surface area contributed by atoms with Gasteiger partial charge in [0.15, 0.2) is 5.76 Å². The summed E-state index contributed by atoms with van der Waals surface area (Å²) in [5, 5.41) is 16.1. The van der Waals surface area contributed by atoms with Gasteiger partial charge < -0.3 is 24.4 Å². The minimum Gasteiger partial charge on any atom is -0.489 e. The molecule has 0 spiro atoms. The summed E-state index contributed by atoms with van der Waals surface area (Å²) >= 11 is 0. The zero-order valence-electron chi connectivity index (χ0n) is 18.4. The molecule has 32 heavy (non-hydrogen) atoms. The molecule has 0 radical (unpaired) electrons. The van der Waals surface area contributed by atoms with Gasteiger partial charge in [-0.15, -0.1) is 0 Å². The van der Waals surface area contributed by atoms with Crippen LogP contribution in [0.15, 0.2) is 22.9 Å². The molecule has 2 fully saturated rings. The van der Waals surface area contributed by atoms with Crippen LogP contribution in [0.2, 0.25) is 0 Å². The third-order valence-electron chi connectivity index (χ3n) is 6.25. The Morgan fingerprint density at radius 1 is 1.28 bits per heavy atom. The van der Waals surface area contributed by atoms with Gasteiger partial charge in [-0.3, -0.25) is 4.79 Å². The molecule has 0 bridgehead atoms. The average molecular weight is 444 g/mol. The molecule has 2 aromatic rings. The number of carboxylic acid groups (broad SMARTS) is 1. The minimum absolute atomic E-state index is 0.0342. The number of aromatic nitrogens is 2. The Labute approximate surface area is 186 Å². The van der Waals surface area contributed by atoms with Crippen LogP contribution in [-0.2, 0) is 16.1 Å². The molecule has 9 heteroatoms. The first kappa shape index (κ1) is 22.1. The van der Waals surface area contributed by atoms with Crippen LogP contribution in [0, 0.1) is 18.8 Å². The van der Waals surface area contributed by atoms with Crippen LogP contribution in [0.5, 0.6) is 5.75 Å². The maximum Gasteiger partial charge on any atom is 0.407 e. The lowest BCUT2D eigenvalue weighted by Gasteiger charge is -2.27. The Hall–Kier alpha value is -3.10. The lowest BCUT2D eigenvalue weighted by Crippen LogP contribution is -2.34. The number of hydrogen-bond acceptors (Lipinski definition) is 7. The van der Waals surface area contributed by atoms with Crippen LogP contribution in [0.1, 0.15) is 56.7 Å². The van der Waals surface area contributed by atoms with Crippen molar-refractivity contribution in [3.63, 3.8) is 0 Å². The van der Waals surface area contributed by atoms with Crippen molar-refractivity contribution in [2.45, 2.75) is 71.1 Å². The number of aryl methyl sites for hydroxylation is 1. The number of carbonyl (C=O) groups excluding carboxylic acids is 1. The van der Waals surface area contributed by atoms with Gasteiger partial charge in [0, 0.05) is 6.04 Å². The normalized spacial score (nSPS) is 21.6. The molecule has 2 aliphatic rings. The van der Waals surface area contributed by atoms with Gasteiger partial charge in [0.05, 0.1) is 29.5 Å². The van der Waals surface area contributed by atoms with Crippen LogP contribution < -0.4 is 10.1 Å². The molecule has 172 valence electrons. The van der Waals surface area contributed by atoms with E-state index in [0.717, 1.165) is 25.7 Å². The van der Waals surface area contributed by atoms with Crippen molar-refractivity contribution in [2.24, 2.45) is 11.8 Å². The van der Waals surface area contributed by atoms with Crippen LogP contribution in [0.3, 0.4) is 0 Å². The Morgan fingerprint density at radius 2 is 2.09 bits per heavy atom. The second-order valence-electron chi connectivity index (χ2n) is 8.74. The van der Waals surface area contributed by atoms with E-state index in [0.29, 0.717) is 47.2 Å². The first-order chi connectivity index (χ1) is 15.4. The lowest BCUT2D eigenvalue weighted by atomic mass is 9.87. The zero-order valence-corrected chi connectivity index (χ0v) is 18.4. The number of aliphatic carboxylic acids is 1. The quantitative estimate of drug-likeness (QED) is 0.625. The molecule has 4 rings (SSSR count). The molecular weight excluding hydrogens is 414 g/mol. The van der Waals surface area contributed by atoms with Crippen LogP contribution in [0.25, 0.3) is 11.5 Å². The van der Waals surface area contributed by atoms with Gasteiger partial charge >= 0.3 is 12.1 Å². The van der Waals surface area contributed by atoms with Gasteiger partial charge in [0.1, 0.15) is 18.1 Å². The molecule has 2 aromatic heterocycles. The fraction of sp³-hybridized carbons (Fsp3) is 0.565. The summed E-state index contributed by atoms with van der Waals surface area (Å²) in [6.45, 7) is 3.81. The van der Waals surface area contributed by atoms with E-state index in [1.54, 1.807) is 25.3 Å². The van der Waals surface area contributed by atoms with E-state index in [4.69, 9.17) is 14.0 Å². The highest BCUT2D eigenvalue weighted by Crippen LogP contribution is 2.32. The summed E-state index contributed by atoms with van der Waals surface area (Å²) in [5.41, 5.74) is 1.85. The van der Waals surface area contributed by atoms with Crippen molar-refractivity contribution in [3.05, 3.63) is 29.6 Å². The van der Waals surface area contributed by atoms with Crippen LogP contribution in [0.4, 0.5) is 4.79 Å². The van der Waals surface area contributed by atoms with Gasteiger partial charge in [0.25, 0.3) is 0 Å². The number of pyridine rings is 1. The Balaban J connectivity index is 1.36. The van der Waals surface area contributed by atoms with E-state index in [1.165, 1.54) is 0 Å². The highest BCUT2D eigenvalue weighted by molar-refractivity contribution is 5.70. The second kappa shape index (κ2) is 9.58. The molecule has 2 saturated carbocycles. The lowest BCUT2D eigenvalue weighted by molar-refractivity contribution is -0.143. The van der Waals surface area contributed by atoms with Crippen molar-refractivity contribution in [3.8, 4) is 17.2 Å². The van der Waals surface area contributed by atoms with Crippen molar-refractivity contribution >= 4 is 12.1 Å². The van der Waals surface area contributed by atoms with E-state index >= 15 is 0 Å². The molecule has 2 N–H and O–H groups in total. The van der Waals surface area contributed by atoms with E-state index < -0.39 is 12.1 Å². The maximum atomic E-state index is 12.1. The number of nitrogens with zero attached hydrogens (tertiary/aromatic N) is 2. The molecule has 0 aromatic carbocycles. The number of alkyl carbamates (subject to hydrolysis) is 1. The van der Waals surface area contributed by atoms with Crippen molar-refractivity contribution < 1.29 is 28.7 Å². The number of carbonyl (C=O) groups is 2. The third-order valence-corrected chi connectivity index (χ3v) is 6.25. The third kappa shape index (κ3) is 5.38. The minimum atomic E-state index is -0.766. The fourth-order valence-corrected chi connectivity index (χ4v) is 4.09. The molecule has 1 amide bonds. The Kier molecular flexibility index (Phi) is 6.62. The number of nitrogens with one attached hydrogen (secondary N) is 1. The highest BCUT2D eigenvalue weighted by atomic mass is 16.5. The standard InChI is InChI=1S/C23H29N3O6/c1-13(15-6-7-15)25-23(29)30-12-19-14(2)26-32-21(19)20-9-8-18(11-24-20)31-17-5-3-4-16(10-17)22(27)28/h8-9,11,13,15-17H,3-7,10,12H2,1-2H3,(H,25,29)(H,27,28)/t13-,16+,17+/m1/s1. The number of rotatable bonds is 8. The van der Waals surface area contributed by atoms with E-state index in [9.17, 15) is 14.7 Å². The van der Waals surface area contributed by atoms with Gasteiger partial charge in [0.2, 0.25) is 0 Å². The van der Waals surface area contributed by atoms with Gasteiger partial charge in [-0.25, -0.2) is 9.78 Å². The maximum absolute atomic E-state index is 12.1. The molecular formula is C23H29N3O6. The summed E-state index contributed by atoms with van der Waals surface area (Å²) < 4.78 is 16.8. The predicted octanol–water partition coefficient (Wildman–Crippen LogP) is 4.09. The van der Waals surface area contributed by atoms with E-state index in [1.807, 2.05) is 6.92 Å². The largest absolute Gasteiger partial charge is 0.489 e. The fourth-order valence-electron chi connectivity index (χ4n) is 4.09. The predicted molar refractivity (Wildman–Crippen MR) is 114 cm³/mol. The molecule has 0 unspecified atom stereocenters. The molecule has 0 aliphatic heterocycles. The summed E-state index contributed by atoms with van der Waals surface area (Å²) in [4.78, 5) is 27.8. The van der Waals surface area contributed by atoms with E-state index in [-0.39, 0.29) is 24.7 Å². The molecule has 3 atom stereocenters.